The standard InChI is InChI=1S/C15H13ClF3N/c16-12-7-5-11(6-8-12)9-10-20-14-4-2-1-3-13(14)15(17,18)19/h1-8,20H,9-10H2. The molecule has 106 valence electrons. The predicted octanol–water partition coefficient (Wildman–Crippen LogP) is 5.01. The first-order chi connectivity index (χ1) is 9.47. The Morgan fingerprint density at radius 1 is 0.950 bits per heavy atom. The molecule has 0 saturated carbocycles. The van der Waals surface area contributed by atoms with E-state index in [1.165, 1.54) is 12.1 Å². The maximum absolute atomic E-state index is 12.8. The monoisotopic (exact) mass is 299 g/mol. The number of benzene rings is 2. The quantitative estimate of drug-likeness (QED) is 0.836. The minimum Gasteiger partial charge on any atom is -0.384 e. The summed E-state index contributed by atoms with van der Waals surface area (Å²) in [5.74, 6) is 0. The van der Waals surface area contributed by atoms with Gasteiger partial charge >= 0.3 is 6.18 Å². The van der Waals surface area contributed by atoms with Gasteiger partial charge in [-0.15, -0.1) is 0 Å². The molecule has 5 heteroatoms. The number of halogens is 4. The van der Waals surface area contributed by atoms with Crippen LogP contribution in [0.5, 0.6) is 0 Å². The number of rotatable bonds is 4. The fourth-order valence-electron chi connectivity index (χ4n) is 1.88. The molecule has 1 nitrogen and oxygen atoms in total. The molecule has 0 amide bonds. The largest absolute Gasteiger partial charge is 0.418 e. The SMILES string of the molecule is FC(F)(F)c1ccccc1NCCc1ccc(Cl)cc1. The third kappa shape index (κ3) is 3.90. The van der Waals surface area contributed by atoms with Gasteiger partial charge < -0.3 is 5.32 Å². The second kappa shape index (κ2) is 6.18. The summed E-state index contributed by atoms with van der Waals surface area (Å²) in [6.45, 7) is 0.425. The van der Waals surface area contributed by atoms with Crippen LogP contribution in [0.1, 0.15) is 11.1 Å². The van der Waals surface area contributed by atoms with Gasteiger partial charge in [0.15, 0.2) is 0 Å². The number of alkyl halides is 3. The predicted molar refractivity (Wildman–Crippen MR) is 75.1 cm³/mol. The fourth-order valence-corrected chi connectivity index (χ4v) is 2.00. The lowest BCUT2D eigenvalue weighted by Crippen LogP contribution is -2.12. The highest BCUT2D eigenvalue weighted by Crippen LogP contribution is 2.34. The van der Waals surface area contributed by atoms with E-state index in [1.54, 1.807) is 18.2 Å². The van der Waals surface area contributed by atoms with Gasteiger partial charge in [0, 0.05) is 17.3 Å². The van der Waals surface area contributed by atoms with E-state index in [0.29, 0.717) is 18.0 Å². The van der Waals surface area contributed by atoms with Crippen molar-refractivity contribution in [3.8, 4) is 0 Å². The minimum atomic E-state index is -4.34. The molecule has 0 atom stereocenters. The summed E-state index contributed by atoms with van der Waals surface area (Å²) < 4.78 is 38.4. The Balaban J connectivity index is 1.99. The molecular formula is C15H13ClF3N. The van der Waals surface area contributed by atoms with Crippen LogP contribution in [0.25, 0.3) is 0 Å². The number of hydrogen-bond acceptors (Lipinski definition) is 1. The summed E-state index contributed by atoms with van der Waals surface area (Å²) in [6.07, 6.45) is -3.72. The molecule has 0 saturated heterocycles. The Morgan fingerprint density at radius 3 is 2.25 bits per heavy atom. The van der Waals surface area contributed by atoms with Gasteiger partial charge in [-0.05, 0) is 36.2 Å². The first kappa shape index (κ1) is 14.7. The molecule has 0 aliphatic rings. The Labute approximate surface area is 120 Å². The number of para-hydroxylation sites is 1. The molecule has 2 aromatic carbocycles. The molecule has 0 heterocycles. The van der Waals surface area contributed by atoms with Crippen molar-refractivity contribution in [1.82, 2.24) is 0 Å². The van der Waals surface area contributed by atoms with E-state index in [2.05, 4.69) is 5.32 Å². The summed E-state index contributed by atoms with van der Waals surface area (Å²) in [6, 6.07) is 12.7. The van der Waals surface area contributed by atoms with Crippen molar-refractivity contribution in [1.29, 1.82) is 0 Å². The zero-order chi connectivity index (χ0) is 14.6. The molecule has 0 unspecified atom stereocenters. The van der Waals surface area contributed by atoms with Crippen molar-refractivity contribution in [3.63, 3.8) is 0 Å². The van der Waals surface area contributed by atoms with Crippen molar-refractivity contribution in [2.24, 2.45) is 0 Å². The second-order valence-electron chi connectivity index (χ2n) is 4.35. The number of hydrogen-bond donors (Lipinski definition) is 1. The Bertz CT molecular complexity index is 564. The van der Waals surface area contributed by atoms with Crippen LogP contribution in [0.15, 0.2) is 48.5 Å². The normalized spacial score (nSPS) is 11.4. The van der Waals surface area contributed by atoms with E-state index in [4.69, 9.17) is 11.6 Å². The van der Waals surface area contributed by atoms with E-state index in [1.807, 2.05) is 12.1 Å². The van der Waals surface area contributed by atoms with Crippen molar-refractivity contribution < 1.29 is 13.2 Å². The molecule has 2 aromatic rings. The smallest absolute Gasteiger partial charge is 0.384 e. The lowest BCUT2D eigenvalue weighted by Gasteiger charge is -2.14. The van der Waals surface area contributed by atoms with Crippen LogP contribution in [-0.4, -0.2) is 6.54 Å². The molecule has 0 aliphatic heterocycles. The highest BCUT2D eigenvalue weighted by molar-refractivity contribution is 6.30. The number of anilines is 1. The van der Waals surface area contributed by atoms with Gasteiger partial charge in [-0.3, -0.25) is 0 Å². The molecule has 0 aliphatic carbocycles. The maximum atomic E-state index is 12.8. The van der Waals surface area contributed by atoms with Crippen LogP contribution in [0, 0.1) is 0 Å². The third-order valence-corrected chi connectivity index (χ3v) is 3.13. The maximum Gasteiger partial charge on any atom is 0.418 e. The van der Waals surface area contributed by atoms with Crippen LogP contribution in [0.4, 0.5) is 18.9 Å². The van der Waals surface area contributed by atoms with Gasteiger partial charge in [0.1, 0.15) is 0 Å². The summed E-state index contributed by atoms with van der Waals surface area (Å²) >= 11 is 5.77. The summed E-state index contributed by atoms with van der Waals surface area (Å²) in [4.78, 5) is 0. The van der Waals surface area contributed by atoms with Gasteiger partial charge in [0.2, 0.25) is 0 Å². The molecule has 1 N–H and O–H groups in total. The molecule has 2 rings (SSSR count). The molecule has 0 fully saturated rings. The van der Waals surface area contributed by atoms with Crippen LogP contribution < -0.4 is 5.32 Å². The topological polar surface area (TPSA) is 12.0 Å². The van der Waals surface area contributed by atoms with Gasteiger partial charge in [0.25, 0.3) is 0 Å². The summed E-state index contributed by atoms with van der Waals surface area (Å²) in [5, 5.41) is 3.47. The van der Waals surface area contributed by atoms with E-state index >= 15 is 0 Å². The van der Waals surface area contributed by atoms with Crippen molar-refractivity contribution >= 4 is 17.3 Å². The van der Waals surface area contributed by atoms with E-state index < -0.39 is 11.7 Å². The van der Waals surface area contributed by atoms with Crippen molar-refractivity contribution in [2.75, 3.05) is 11.9 Å². The van der Waals surface area contributed by atoms with Crippen LogP contribution in [-0.2, 0) is 12.6 Å². The minimum absolute atomic E-state index is 0.106. The Kier molecular flexibility index (Phi) is 4.55. The lowest BCUT2D eigenvalue weighted by atomic mass is 10.1. The van der Waals surface area contributed by atoms with Gasteiger partial charge in [-0.25, -0.2) is 0 Å². The highest BCUT2D eigenvalue weighted by atomic mass is 35.5. The van der Waals surface area contributed by atoms with Gasteiger partial charge in [0.05, 0.1) is 5.56 Å². The first-order valence-corrected chi connectivity index (χ1v) is 6.49. The van der Waals surface area contributed by atoms with Gasteiger partial charge in [-0.1, -0.05) is 35.9 Å². The fraction of sp³-hybridized carbons (Fsp3) is 0.200. The second-order valence-corrected chi connectivity index (χ2v) is 4.78. The highest BCUT2D eigenvalue weighted by Gasteiger charge is 2.32. The summed E-state index contributed by atoms with van der Waals surface area (Å²) in [7, 11) is 0. The molecule has 0 bridgehead atoms. The molecule has 20 heavy (non-hydrogen) atoms. The molecule has 0 spiro atoms. The van der Waals surface area contributed by atoms with E-state index in [-0.39, 0.29) is 5.69 Å². The first-order valence-electron chi connectivity index (χ1n) is 6.11. The van der Waals surface area contributed by atoms with E-state index in [0.717, 1.165) is 11.6 Å². The molecule has 0 aromatic heterocycles. The molecular weight excluding hydrogens is 287 g/mol. The Morgan fingerprint density at radius 2 is 1.60 bits per heavy atom. The average Bonchev–Trinajstić information content (AvgIpc) is 2.40. The lowest BCUT2D eigenvalue weighted by molar-refractivity contribution is -0.136. The van der Waals surface area contributed by atoms with Gasteiger partial charge in [-0.2, -0.15) is 13.2 Å². The summed E-state index contributed by atoms with van der Waals surface area (Å²) in [5.41, 5.74) is 0.483. The van der Waals surface area contributed by atoms with Crippen LogP contribution in [0.3, 0.4) is 0 Å². The Hall–Kier alpha value is -1.68. The van der Waals surface area contributed by atoms with Crippen LogP contribution in [0.2, 0.25) is 5.02 Å². The zero-order valence-corrected chi connectivity index (χ0v) is 11.3. The molecule has 0 radical (unpaired) electrons. The third-order valence-electron chi connectivity index (χ3n) is 2.87. The van der Waals surface area contributed by atoms with Crippen molar-refractivity contribution in [3.05, 3.63) is 64.7 Å². The zero-order valence-electron chi connectivity index (χ0n) is 10.5. The average molecular weight is 300 g/mol. The number of nitrogens with one attached hydrogen (secondary N) is 1. The van der Waals surface area contributed by atoms with Crippen molar-refractivity contribution in [2.45, 2.75) is 12.6 Å². The van der Waals surface area contributed by atoms with E-state index in [9.17, 15) is 13.2 Å². The van der Waals surface area contributed by atoms with Crippen LogP contribution >= 0.6 is 11.6 Å².